The molecule has 1 aliphatic rings. The summed E-state index contributed by atoms with van der Waals surface area (Å²) in [7, 11) is 0. The molecule has 0 amide bonds. The van der Waals surface area contributed by atoms with Crippen LogP contribution in [0, 0.1) is 11.3 Å². The van der Waals surface area contributed by atoms with Gasteiger partial charge in [-0.2, -0.15) is 5.26 Å². The Kier molecular flexibility index (Phi) is 2.85. The number of para-hydroxylation sites is 1. The molecule has 1 saturated carbocycles. The van der Waals surface area contributed by atoms with Crippen molar-refractivity contribution in [3.63, 3.8) is 0 Å². The number of benzene rings is 1. The quantitative estimate of drug-likeness (QED) is 0.805. The van der Waals surface area contributed by atoms with Gasteiger partial charge in [-0.05, 0) is 37.8 Å². The zero-order valence-corrected chi connectivity index (χ0v) is 10.1. The summed E-state index contributed by atoms with van der Waals surface area (Å²) in [6.07, 6.45) is 4.78. The molecule has 2 aromatic rings. The molecule has 1 heterocycles. The maximum absolute atomic E-state index is 9.18. The van der Waals surface area contributed by atoms with Gasteiger partial charge < -0.3 is 4.74 Å². The molecule has 1 aromatic heterocycles. The zero-order chi connectivity index (χ0) is 12.4. The van der Waals surface area contributed by atoms with Gasteiger partial charge in [0.05, 0.1) is 5.52 Å². The zero-order valence-electron chi connectivity index (χ0n) is 10.1. The molecule has 0 spiro atoms. The molecule has 0 saturated heterocycles. The minimum absolute atomic E-state index is 0.228. The fourth-order valence-corrected chi connectivity index (χ4v) is 2.43. The Balaban J connectivity index is 2.01. The van der Waals surface area contributed by atoms with Crippen LogP contribution in [0.4, 0.5) is 0 Å². The van der Waals surface area contributed by atoms with Crippen molar-refractivity contribution >= 4 is 10.9 Å². The normalized spacial score (nSPS) is 15.7. The lowest BCUT2D eigenvalue weighted by Crippen LogP contribution is -2.12. The number of ether oxygens (including phenoxy) is 1. The first-order chi connectivity index (χ1) is 8.86. The molecular weight excluding hydrogens is 224 g/mol. The first-order valence-electron chi connectivity index (χ1n) is 6.33. The third-order valence-corrected chi connectivity index (χ3v) is 3.39. The second-order valence-electron chi connectivity index (χ2n) is 4.67. The van der Waals surface area contributed by atoms with Crippen molar-refractivity contribution in [1.82, 2.24) is 4.98 Å². The topological polar surface area (TPSA) is 45.9 Å². The van der Waals surface area contributed by atoms with E-state index in [1.165, 1.54) is 12.8 Å². The molecule has 3 rings (SSSR count). The summed E-state index contributed by atoms with van der Waals surface area (Å²) >= 11 is 0. The van der Waals surface area contributed by atoms with Crippen molar-refractivity contribution in [2.24, 2.45) is 0 Å². The predicted molar refractivity (Wildman–Crippen MR) is 69.3 cm³/mol. The molecular formula is C15H14N2O. The molecule has 90 valence electrons. The maximum Gasteiger partial charge on any atom is 0.232 e. The average Bonchev–Trinajstić information content (AvgIpc) is 2.91. The van der Waals surface area contributed by atoms with Crippen molar-refractivity contribution < 1.29 is 4.74 Å². The predicted octanol–water partition coefficient (Wildman–Crippen LogP) is 3.43. The van der Waals surface area contributed by atoms with Crippen molar-refractivity contribution in [3.05, 3.63) is 35.9 Å². The van der Waals surface area contributed by atoms with Crippen molar-refractivity contribution in [3.8, 4) is 11.9 Å². The van der Waals surface area contributed by atoms with E-state index in [-0.39, 0.29) is 6.10 Å². The van der Waals surface area contributed by atoms with Gasteiger partial charge in [0, 0.05) is 5.39 Å². The molecule has 3 heteroatoms. The highest BCUT2D eigenvalue weighted by Crippen LogP contribution is 2.27. The lowest BCUT2D eigenvalue weighted by atomic mass is 10.1. The van der Waals surface area contributed by atoms with E-state index in [1.807, 2.05) is 30.3 Å². The second kappa shape index (κ2) is 4.66. The van der Waals surface area contributed by atoms with Crippen LogP contribution in [0.25, 0.3) is 10.9 Å². The van der Waals surface area contributed by atoms with Crippen LogP contribution in [-0.4, -0.2) is 11.1 Å². The molecule has 1 aromatic carbocycles. The van der Waals surface area contributed by atoms with Crippen LogP contribution < -0.4 is 4.74 Å². The Labute approximate surface area is 106 Å². The van der Waals surface area contributed by atoms with Gasteiger partial charge in [-0.1, -0.05) is 18.2 Å². The summed E-state index contributed by atoms with van der Waals surface area (Å²) in [5, 5.41) is 10.2. The molecule has 1 aliphatic carbocycles. The highest BCUT2D eigenvalue weighted by molar-refractivity contribution is 5.80. The van der Waals surface area contributed by atoms with Gasteiger partial charge in [0.25, 0.3) is 0 Å². The van der Waals surface area contributed by atoms with Crippen LogP contribution in [-0.2, 0) is 0 Å². The second-order valence-corrected chi connectivity index (χ2v) is 4.67. The summed E-state index contributed by atoms with van der Waals surface area (Å²) in [6.45, 7) is 0. The molecule has 18 heavy (non-hydrogen) atoms. The van der Waals surface area contributed by atoms with Gasteiger partial charge in [0.2, 0.25) is 5.88 Å². The smallest absolute Gasteiger partial charge is 0.232 e. The van der Waals surface area contributed by atoms with E-state index in [9.17, 15) is 5.26 Å². The molecule has 0 atom stereocenters. The van der Waals surface area contributed by atoms with E-state index in [4.69, 9.17) is 4.74 Å². The Bertz CT molecular complexity index is 609. The van der Waals surface area contributed by atoms with Crippen molar-refractivity contribution in [2.45, 2.75) is 31.8 Å². The molecule has 0 N–H and O–H groups in total. The lowest BCUT2D eigenvalue weighted by Gasteiger charge is -2.13. The highest BCUT2D eigenvalue weighted by Gasteiger charge is 2.19. The van der Waals surface area contributed by atoms with Gasteiger partial charge in [0.15, 0.2) is 0 Å². The van der Waals surface area contributed by atoms with Crippen LogP contribution in [0.1, 0.15) is 31.2 Å². The summed E-state index contributed by atoms with van der Waals surface area (Å²) in [5.41, 5.74) is 1.41. The number of pyridine rings is 1. The van der Waals surface area contributed by atoms with Crippen molar-refractivity contribution in [2.75, 3.05) is 0 Å². The van der Waals surface area contributed by atoms with Crippen LogP contribution in [0.5, 0.6) is 5.88 Å². The van der Waals surface area contributed by atoms with E-state index < -0.39 is 0 Å². The SMILES string of the molecule is N#Cc1cc2ccccc2nc1OC1CCCC1. The number of nitriles is 1. The molecule has 0 radical (unpaired) electrons. The van der Waals surface area contributed by atoms with Crippen LogP contribution in [0.3, 0.4) is 0 Å². The van der Waals surface area contributed by atoms with E-state index in [0.29, 0.717) is 11.4 Å². The first-order valence-corrected chi connectivity index (χ1v) is 6.33. The number of nitrogens with zero attached hydrogens (tertiary/aromatic N) is 2. The Hall–Kier alpha value is -2.08. The number of hydrogen-bond acceptors (Lipinski definition) is 3. The van der Waals surface area contributed by atoms with E-state index >= 15 is 0 Å². The van der Waals surface area contributed by atoms with Crippen LogP contribution in [0.15, 0.2) is 30.3 Å². The Morgan fingerprint density at radius 2 is 2.00 bits per heavy atom. The third-order valence-electron chi connectivity index (χ3n) is 3.39. The van der Waals surface area contributed by atoms with Crippen LogP contribution in [0.2, 0.25) is 0 Å². The van der Waals surface area contributed by atoms with Gasteiger partial charge >= 0.3 is 0 Å². The van der Waals surface area contributed by atoms with E-state index in [0.717, 1.165) is 23.7 Å². The minimum atomic E-state index is 0.228. The molecule has 0 aliphatic heterocycles. The number of rotatable bonds is 2. The van der Waals surface area contributed by atoms with Gasteiger partial charge in [-0.3, -0.25) is 0 Å². The number of aromatic nitrogens is 1. The highest BCUT2D eigenvalue weighted by atomic mass is 16.5. The summed E-state index contributed by atoms with van der Waals surface area (Å²) in [5.74, 6) is 0.489. The molecule has 1 fully saturated rings. The van der Waals surface area contributed by atoms with Crippen molar-refractivity contribution in [1.29, 1.82) is 5.26 Å². The summed E-state index contributed by atoms with van der Waals surface area (Å²) < 4.78 is 5.87. The Morgan fingerprint density at radius 3 is 2.78 bits per heavy atom. The van der Waals surface area contributed by atoms with E-state index in [2.05, 4.69) is 11.1 Å². The fourth-order valence-electron chi connectivity index (χ4n) is 2.43. The monoisotopic (exact) mass is 238 g/mol. The average molecular weight is 238 g/mol. The standard InChI is InChI=1S/C15H14N2O/c16-10-12-9-11-5-1-4-8-14(11)17-15(12)18-13-6-2-3-7-13/h1,4-5,8-9,13H,2-3,6-7H2. The summed E-state index contributed by atoms with van der Waals surface area (Å²) in [4.78, 5) is 4.46. The van der Waals surface area contributed by atoms with Crippen LogP contribution >= 0.6 is 0 Å². The van der Waals surface area contributed by atoms with Gasteiger partial charge in [-0.25, -0.2) is 4.98 Å². The fraction of sp³-hybridized carbons (Fsp3) is 0.333. The Morgan fingerprint density at radius 1 is 1.22 bits per heavy atom. The first kappa shape index (κ1) is 11.0. The minimum Gasteiger partial charge on any atom is -0.473 e. The van der Waals surface area contributed by atoms with Gasteiger partial charge in [-0.15, -0.1) is 0 Å². The van der Waals surface area contributed by atoms with Gasteiger partial charge in [0.1, 0.15) is 17.7 Å². The number of hydrogen-bond donors (Lipinski definition) is 0. The largest absolute Gasteiger partial charge is 0.473 e. The summed E-state index contributed by atoms with van der Waals surface area (Å²) in [6, 6.07) is 11.8. The third kappa shape index (κ3) is 2.02. The molecule has 0 unspecified atom stereocenters. The lowest BCUT2D eigenvalue weighted by molar-refractivity contribution is 0.201. The van der Waals surface area contributed by atoms with E-state index in [1.54, 1.807) is 0 Å². The maximum atomic E-state index is 9.18. The number of fused-ring (bicyclic) bond motifs is 1. The molecule has 3 nitrogen and oxygen atoms in total. The molecule has 0 bridgehead atoms.